The van der Waals surface area contributed by atoms with E-state index in [-0.39, 0.29) is 18.9 Å². The molecule has 196 valence electrons. The summed E-state index contributed by atoms with van der Waals surface area (Å²) in [7, 11) is 0. The second-order valence-electron chi connectivity index (χ2n) is 9.85. The standard InChI is InChI=1S/C31H33N3O4/c1-20(2)16-28(34-31(37)38-19-21-10-4-3-5-11-21)30(36)33-27(29(32)35)18-26-24-14-8-6-12-22(24)17-23-13-7-9-15-25(23)26/h3-15,17,20,27-28H,16,18-19H2,1-2H3,(H2,32,35)(H,33,36)(H,34,37)/t27-,28+/m1/s1. The molecule has 0 spiro atoms. The summed E-state index contributed by atoms with van der Waals surface area (Å²) < 4.78 is 5.31. The van der Waals surface area contributed by atoms with Crippen molar-refractivity contribution < 1.29 is 19.1 Å². The van der Waals surface area contributed by atoms with Gasteiger partial charge in [0.2, 0.25) is 11.8 Å². The van der Waals surface area contributed by atoms with Gasteiger partial charge in [0.25, 0.3) is 0 Å². The van der Waals surface area contributed by atoms with E-state index in [0.717, 1.165) is 32.7 Å². The maximum absolute atomic E-state index is 13.3. The van der Waals surface area contributed by atoms with Crippen molar-refractivity contribution in [2.45, 2.75) is 45.4 Å². The molecule has 0 saturated carbocycles. The smallest absolute Gasteiger partial charge is 0.408 e. The fraction of sp³-hybridized carbons (Fsp3) is 0.258. The van der Waals surface area contributed by atoms with Gasteiger partial charge in [-0.1, -0.05) is 92.7 Å². The summed E-state index contributed by atoms with van der Waals surface area (Å²) in [4.78, 5) is 38.4. The molecule has 4 aromatic carbocycles. The van der Waals surface area contributed by atoms with Crippen molar-refractivity contribution >= 4 is 39.5 Å². The van der Waals surface area contributed by atoms with E-state index < -0.39 is 30.0 Å². The number of fused-ring (bicyclic) bond motifs is 2. The average Bonchev–Trinajstić information content (AvgIpc) is 2.91. The summed E-state index contributed by atoms with van der Waals surface area (Å²) in [6.07, 6.45) is -0.115. The van der Waals surface area contributed by atoms with Gasteiger partial charge in [0.1, 0.15) is 18.7 Å². The van der Waals surface area contributed by atoms with Gasteiger partial charge >= 0.3 is 6.09 Å². The van der Waals surface area contributed by atoms with Gasteiger partial charge in [0.15, 0.2) is 0 Å². The second kappa shape index (κ2) is 12.2. The lowest BCUT2D eigenvalue weighted by Gasteiger charge is -2.24. The van der Waals surface area contributed by atoms with Gasteiger partial charge in [-0.3, -0.25) is 9.59 Å². The van der Waals surface area contributed by atoms with E-state index in [1.165, 1.54) is 0 Å². The number of rotatable bonds is 10. The van der Waals surface area contributed by atoms with E-state index in [1.807, 2.05) is 92.7 Å². The Morgan fingerprint density at radius 1 is 0.789 bits per heavy atom. The van der Waals surface area contributed by atoms with E-state index in [4.69, 9.17) is 10.5 Å². The SMILES string of the molecule is CC(C)C[C@H](NC(=O)OCc1ccccc1)C(=O)N[C@H](Cc1c2ccccc2cc2ccccc12)C(N)=O. The molecule has 0 heterocycles. The molecule has 0 aliphatic carbocycles. The molecule has 0 fully saturated rings. The Morgan fingerprint density at radius 3 is 1.95 bits per heavy atom. The molecule has 0 radical (unpaired) electrons. The lowest BCUT2D eigenvalue weighted by Crippen LogP contribution is -2.54. The molecule has 0 saturated heterocycles. The number of benzene rings is 4. The number of hydrogen-bond acceptors (Lipinski definition) is 4. The summed E-state index contributed by atoms with van der Waals surface area (Å²) in [5.74, 6) is -1.02. The van der Waals surface area contributed by atoms with Crippen LogP contribution in [0.2, 0.25) is 0 Å². The minimum Gasteiger partial charge on any atom is -0.445 e. The Kier molecular flexibility index (Phi) is 8.58. The number of ether oxygens (including phenoxy) is 1. The number of hydrogen-bond donors (Lipinski definition) is 3. The number of amides is 3. The van der Waals surface area contributed by atoms with Crippen LogP contribution in [0.4, 0.5) is 4.79 Å². The molecule has 3 amide bonds. The summed E-state index contributed by atoms with van der Waals surface area (Å²) in [6, 6.07) is 25.4. The molecule has 0 unspecified atom stereocenters. The monoisotopic (exact) mass is 511 g/mol. The molecule has 4 N–H and O–H groups in total. The molecule has 4 rings (SSSR count). The highest BCUT2D eigenvalue weighted by atomic mass is 16.5. The Bertz CT molecular complexity index is 1380. The van der Waals surface area contributed by atoms with Gasteiger partial charge in [-0.05, 0) is 51.1 Å². The van der Waals surface area contributed by atoms with Crippen molar-refractivity contribution in [3.05, 3.63) is 96.1 Å². The van der Waals surface area contributed by atoms with Gasteiger partial charge in [0, 0.05) is 6.42 Å². The first-order chi connectivity index (χ1) is 18.3. The van der Waals surface area contributed by atoms with E-state index in [2.05, 4.69) is 16.7 Å². The van der Waals surface area contributed by atoms with Gasteiger partial charge < -0.3 is 21.1 Å². The molecule has 0 aliphatic heterocycles. The van der Waals surface area contributed by atoms with E-state index >= 15 is 0 Å². The first kappa shape index (κ1) is 26.7. The number of nitrogens with two attached hydrogens (primary N) is 1. The first-order valence-corrected chi connectivity index (χ1v) is 12.8. The van der Waals surface area contributed by atoms with E-state index in [0.29, 0.717) is 6.42 Å². The third-order valence-electron chi connectivity index (χ3n) is 6.48. The Labute approximate surface area is 222 Å². The number of alkyl carbamates (subject to hydrolysis) is 1. The summed E-state index contributed by atoms with van der Waals surface area (Å²) >= 11 is 0. The number of primary amides is 1. The van der Waals surface area contributed by atoms with Crippen LogP contribution in [0.1, 0.15) is 31.4 Å². The minimum absolute atomic E-state index is 0.0841. The van der Waals surface area contributed by atoms with Crippen molar-refractivity contribution in [3.8, 4) is 0 Å². The third kappa shape index (κ3) is 6.68. The van der Waals surface area contributed by atoms with Crippen LogP contribution in [0.15, 0.2) is 84.9 Å². The van der Waals surface area contributed by atoms with Gasteiger partial charge in [-0.25, -0.2) is 4.79 Å². The largest absolute Gasteiger partial charge is 0.445 e. The highest BCUT2D eigenvalue weighted by Crippen LogP contribution is 2.29. The molecule has 0 aromatic heterocycles. The molecule has 2 atom stereocenters. The van der Waals surface area contributed by atoms with Crippen LogP contribution in [0.3, 0.4) is 0 Å². The quantitative estimate of drug-likeness (QED) is 0.264. The number of nitrogens with one attached hydrogen (secondary N) is 2. The molecule has 0 bridgehead atoms. The highest BCUT2D eigenvalue weighted by Gasteiger charge is 2.28. The van der Waals surface area contributed by atoms with Gasteiger partial charge in [-0.2, -0.15) is 0 Å². The Morgan fingerprint density at radius 2 is 1.37 bits per heavy atom. The molecular weight excluding hydrogens is 478 g/mol. The molecule has 7 heteroatoms. The fourth-order valence-corrected chi connectivity index (χ4v) is 4.64. The first-order valence-electron chi connectivity index (χ1n) is 12.8. The summed E-state index contributed by atoms with van der Waals surface area (Å²) in [5.41, 5.74) is 7.54. The maximum Gasteiger partial charge on any atom is 0.408 e. The van der Waals surface area contributed by atoms with Crippen LogP contribution in [-0.4, -0.2) is 30.0 Å². The highest BCUT2D eigenvalue weighted by molar-refractivity contribution is 6.03. The van der Waals surface area contributed by atoms with Crippen LogP contribution < -0.4 is 16.4 Å². The zero-order valence-electron chi connectivity index (χ0n) is 21.6. The van der Waals surface area contributed by atoms with Crippen LogP contribution in [-0.2, 0) is 27.4 Å². The normalized spacial score (nSPS) is 12.7. The Hall–Kier alpha value is -4.39. The van der Waals surface area contributed by atoms with Crippen molar-refractivity contribution in [1.82, 2.24) is 10.6 Å². The molecular formula is C31H33N3O4. The topological polar surface area (TPSA) is 111 Å². The van der Waals surface area contributed by atoms with Crippen LogP contribution in [0, 0.1) is 5.92 Å². The lowest BCUT2D eigenvalue weighted by atomic mass is 9.92. The molecule has 38 heavy (non-hydrogen) atoms. The van der Waals surface area contributed by atoms with Crippen molar-refractivity contribution in [1.29, 1.82) is 0 Å². The minimum atomic E-state index is -0.964. The van der Waals surface area contributed by atoms with E-state index in [1.54, 1.807) is 0 Å². The molecule has 7 nitrogen and oxygen atoms in total. The molecule has 0 aliphatic rings. The van der Waals surface area contributed by atoms with E-state index in [9.17, 15) is 14.4 Å². The maximum atomic E-state index is 13.3. The predicted octanol–water partition coefficient (Wildman–Crippen LogP) is 4.85. The zero-order valence-corrected chi connectivity index (χ0v) is 21.6. The second-order valence-corrected chi connectivity index (χ2v) is 9.85. The van der Waals surface area contributed by atoms with Crippen LogP contribution in [0.25, 0.3) is 21.5 Å². The average molecular weight is 512 g/mol. The zero-order chi connectivity index (χ0) is 27.1. The third-order valence-corrected chi connectivity index (χ3v) is 6.48. The molecule has 4 aromatic rings. The lowest BCUT2D eigenvalue weighted by molar-refractivity contribution is -0.128. The van der Waals surface area contributed by atoms with Crippen LogP contribution >= 0.6 is 0 Å². The van der Waals surface area contributed by atoms with Crippen molar-refractivity contribution in [2.75, 3.05) is 0 Å². The van der Waals surface area contributed by atoms with Crippen molar-refractivity contribution in [2.24, 2.45) is 11.7 Å². The Balaban J connectivity index is 1.53. The number of carbonyl (C=O) groups is 3. The van der Waals surface area contributed by atoms with Crippen LogP contribution in [0.5, 0.6) is 0 Å². The summed E-state index contributed by atoms with van der Waals surface area (Å²) in [5, 5.41) is 9.52. The van der Waals surface area contributed by atoms with Crippen molar-refractivity contribution in [3.63, 3.8) is 0 Å². The number of carbonyl (C=O) groups excluding carboxylic acids is 3. The van der Waals surface area contributed by atoms with Gasteiger partial charge in [0.05, 0.1) is 0 Å². The fourth-order valence-electron chi connectivity index (χ4n) is 4.64. The summed E-state index contributed by atoms with van der Waals surface area (Å²) in [6.45, 7) is 3.98. The predicted molar refractivity (Wildman–Crippen MR) is 149 cm³/mol. The van der Waals surface area contributed by atoms with Gasteiger partial charge in [-0.15, -0.1) is 0 Å².